The number of alkyl halides is 1. The molecule has 0 saturated heterocycles. The predicted molar refractivity (Wildman–Crippen MR) is 60.4 cm³/mol. The van der Waals surface area contributed by atoms with Gasteiger partial charge in [0.25, 0.3) is 0 Å². The number of benzene rings is 1. The smallest absolute Gasteiger partial charge is 0.239 e. The summed E-state index contributed by atoms with van der Waals surface area (Å²) in [5.41, 5.74) is 1.30. The van der Waals surface area contributed by atoms with Crippen LogP contribution in [0.4, 0.5) is 5.69 Å². The van der Waals surface area contributed by atoms with Gasteiger partial charge in [0.15, 0.2) is 5.78 Å². The lowest BCUT2D eigenvalue weighted by Gasteiger charge is -2.03. The van der Waals surface area contributed by atoms with Gasteiger partial charge in [-0.15, -0.1) is 11.6 Å². The van der Waals surface area contributed by atoms with E-state index in [4.69, 9.17) is 11.6 Å². The first-order valence-electron chi connectivity index (χ1n) is 4.66. The number of amides is 1. The van der Waals surface area contributed by atoms with Crippen molar-refractivity contribution < 1.29 is 9.59 Å². The number of nitrogens with one attached hydrogen (secondary N) is 1. The Morgan fingerprint density at radius 3 is 2.33 bits per heavy atom. The zero-order chi connectivity index (χ0) is 11.3. The van der Waals surface area contributed by atoms with Crippen LogP contribution in [0.1, 0.15) is 23.7 Å². The molecule has 3 nitrogen and oxygen atoms in total. The van der Waals surface area contributed by atoms with E-state index in [2.05, 4.69) is 5.32 Å². The number of hydrogen-bond acceptors (Lipinski definition) is 2. The molecule has 0 saturated carbocycles. The van der Waals surface area contributed by atoms with E-state index in [0.29, 0.717) is 17.7 Å². The van der Waals surface area contributed by atoms with E-state index in [1.165, 1.54) is 0 Å². The molecule has 0 unspecified atom stereocenters. The van der Waals surface area contributed by atoms with Crippen molar-refractivity contribution in [2.75, 3.05) is 11.2 Å². The molecular weight excluding hydrogens is 214 g/mol. The number of hydrogen-bond donors (Lipinski definition) is 1. The van der Waals surface area contributed by atoms with Crippen LogP contribution in [0.2, 0.25) is 0 Å². The molecule has 0 heterocycles. The first-order valence-corrected chi connectivity index (χ1v) is 5.20. The number of anilines is 1. The molecule has 1 aromatic rings. The first kappa shape index (κ1) is 11.7. The van der Waals surface area contributed by atoms with Gasteiger partial charge in [0.1, 0.15) is 5.88 Å². The van der Waals surface area contributed by atoms with Crippen molar-refractivity contribution in [3.05, 3.63) is 29.8 Å². The SMILES string of the molecule is CCC(=O)c1ccc(NC(=O)CCl)cc1. The highest BCUT2D eigenvalue weighted by Gasteiger charge is 2.03. The quantitative estimate of drug-likeness (QED) is 0.632. The summed E-state index contributed by atoms with van der Waals surface area (Å²) in [6.45, 7) is 1.81. The fourth-order valence-corrected chi connectivity index (χ4v) is 1.20. The van der Waals surface area contributed by atoms with E-state index in [-0.39, 0.29) is 17.6 Å². The maximum Gasteiger partial charge on any atom is 0.239 e. The van der Waals surface area contributed by atoms with E-state index in [1.54, 1.807) is 24.3 Å². The molecule has 1 rings (SSSR count). The largest absolute Gasteiger partial charge is 0.325 e. The third-order valence-electron chi connectivity index (χ3n) is 1.93. The molecule has 0 atom stereocenters. The van der Waals surface area contributed by atoms with Gasteiger partial charge in [0.2, 0.25) is 5.91 Å². The Bertz CT molecular complexity index is 359. The van der Waals surface area contributed by atoms with Crippen molar-refractivity contribution in [2.24, 2.45) is 0 Å². The van der Waals surface area contributed by atoms with Crippen molar-refractivity contribution in [3.63, 3.8) is 0 Å². The van der Waals surface area contributed by atoms with Crippen LogP contribution in [0.5, 0.6) is 0 Å². The second-order valence-corrected chi connectivity index (χ2v) is 3.30. The summed E-state index contributed by atoms with van der Waals surface area (Å²) in [6, 6.07) is 6.76. The molecule has 0 aliphatic carbocycles. The van der Waals surface area contributed by atoms with E-state index in [1.807, 2.05) is 6.92 Å². The van der Waals surface area contributed by atoms with Crippen molar-refractivity contribution in [2.45, 2.75) is 13.3 Å². The number of carbonyl (C=O) groups excluding carboxylic acids is 2. The lowest BCUT2D eigenvalue weighted by Crippen LogP contribution is -2.12. The summed E-state index contributed by atoms with van der Waals surface area (Å²) >= 11 is 5.34. The highest BCUT2D eigenvalue weighted by molar-refractivity contribution is 6.29. The van der Waals surface area contributed by atoms with Gasteiger partial charge >= 0.3 is 0 Å². The molecule has 15 heavy (non-hydrogen) atoms. The van der Waals surface area contributed by atoms with Crippen LogP contribution in [0, 0.1) is 0 Å². The zero-order valence-corrected chi connectivity index (χ0v) is 9.17. The summed E-state index contributed by atoms with van der Waals surface area (Å²) in [7, 11) is 0. The van der Waals surface area contributed by atoms with Crippen LogP contribution < -0.4 is 5.32 Å². The highest BCUT2D eigenvalue weighted by atomic mass is 35.5. The number of halogens is 1. The molecule has 4 heteroatoms. The van der Waals surface area contributed by atoms with Crippen molar-refractivity contribution in [3.8, 4) is 0 Å². The predicted octanol–water partition coefficient (Wildman–Crippen LogP) is 2.46. The Morgan fingerprint density at radius 1 is 1.27 bits per heavy atom. The van der Waals surface area contributed by atoms with Crippen LogP contribution in [-0.2, 0) is 4.79 Å². The van der Waals surface area contributed by atoms with Gasteiger partial charge in [0, 0.05) is 17.7 Å². The van der Waals surface area contributed by atoms with Crippen LogP contribution in [0.3, 0.4) is 0 Å². The summed E-state index contributed by atoms with van der Waals surface area (Å²) < 4.78 is 0. The highest BCUT2D eigenvalue weighted by Crippen LogP contribution is 2.11. The van der Waals surface area contributed by atoms with Gasteiger partial charge in [0.05, 0.1) is 0 Å². The Hall–Kier alpha value is -1.35. The summed E-state index contributed by atoms with van der Waals surface area (Å²) in [5, 5.41) is 2.59. The first-order chi connectivity index (χ1) is 7.17. The van der Waals surface area contributed by atoms with Crippen LogP contribution >= 0.6 is 11.6 Å². The molecule has 0 aliphatic heterocycles. The van der Waals surface area contributed by atoms with Gasteiger partial charge in [-0.25, -0.2) is 0 Å². The maximum atomic E-state index is 11.3. The van der Waals surface area contributed by atoms with E-state index in [0.717, 1.165) is 0 Å². The Labute approximate surface area is 93.4 Å². The molecule has 0 bridgehead atoms. The monoisotopic (exact) mass is 225 g/mol. The van der Waals surface area contributed by atoms with Crippen molar-refractivity contribution in [1.29, 1.82) is 0 Å². The lowest BCUT2D eigenvalue weighted by molar-refractivity contribution is -0.113. The molecule has 0 aliphatic rings. The van der Waals surface area contributed by atoms with Gasteiger partial charge in [-0.05, 0) is 24.3 Å². The minimum absolute atomic E-state index is 0.0738. The van der Waals surface area contributed by atoms with Gasteiger partial charge in [-0.2, -0.15) is 0 Å². The van der Waals surface area contributed by atoms with E-state index >= 15 is 0 Å². The Balaban J connectivity index is 2.72. The average molecular weight is 226 g/mol. The molecule has 1 N–H and O–H groups in total. The molecule has 80 valence electrons. The Kier molecular flexibility index (Phi) is 4.31. The third kappa shape index (κ3) is 3.36. The molecular formula is C11H12ClNO2. The topological polar surface area (TPSA) is 46.2 Å². The second-order valence-electron chi connectivity index (χ2n) is 3.04. The van der Waals surface area contributed by atoms with Crippen LogP contribution in [-0.4, -0.2) is 17.6 Å². The summed E-state index contributed by atoms with van der Waals surface area (Å²) in [4.78, 5) is 22.2. The molecule has 0 spiro atoms. The maximum absolute atomic E-state index is 11.3. The molecule has 1 amide bonds. The minimum Gasteiger partial charge on any atom is -0.325 e. The van der Waals surface area contributed by atoms with Crippen molar-refractivity contribution in [1.82, 2.24) is 0 Å². The third-order valence-corrected chi connectivity index (χ3v) is 2.18. The fourth-order valence-electron chi connectivity index (χ4n) is 1.14. The molecule has 0 aromatic heterocycles. The van der Waals surface area contributed by atoms with Gasteiger partial charge in [-0.1, -0.05) is 6.92 Å². The Morgan fingerprint density at radius 2 is 1.87 bits per heavy atom. The number of rotatable bonds is 4. The van der Waals surface area contributed by atoms with Crippen LogP contribution in [0.25, 0.3) is 0 Å². The number of Topliss-reactive ketones (excluding diaryl/α,β-unsaturated/α-hetero) is 1. The van der Waals surface area contributed by atoms with E-state index in [9.17, 15) is 9.59 Å². The summed E-state index contributed by atoms with van der Waals surface area (Å²) in [5.74, 6) is -0.244. The second kappa shape index (κ2) is 5.51. The number of ketones is 1. The lowest BCUT2D eigenvalue weighted by atomic mass is 10.1. The van der Waals surface area contributed by atoms with Gasteiger partial charge in [-0.3, -0.25) is 9.59 Å². The normalized spacial score (nSPS) is 9.73. The average Bonchev–Trinajstić information content (AvgIpc) is 2.29. The van der Waals surface area contributed by atoms with Crippen LogP contribution in [0.15, 0.2) is 24.3 Å². The summed E-state index contributed by atoms with van der Waals surface area (Å²) in [6.07, 6.45) is 0.480. The van der Waals surface area contributed by atoms with E-state index < -0.39 is 0 Å². The standard InChI is InChI=1S/C11H12ClNO2/c1-2-10(14)8-3-5-9(6-4-8)13-11(15)7-12/h3-6H,2,7H2,1H3,(H,13,15). The van der Waals surface area contributed by atoms with Gasteiger partial charge < -0.3 is 5.32 Å². The number of carbonyl (C=O) groups is 2. The zero-order valence-electron chi connectivity index (χ0n) is 8.42. The molecule has 0 radical (unpaired) electrons. The fraction of sp³-hybridized carbons (Fsp3) is 0.273. The van der Waals surface area contributed by atoms with Crippen molar-refractivity contribution >= 4 is 29.0 Å². The molecule has 1 aromatic carbocycles. The minimum atomic E-state index is -0.258. The molecule has 0 fully saturated rings.